The molecule has 6 heteroatoms. The number of hydrogen-bond acceptors (Lipinski definition) is 4. The van der Waals surface area contributed by atoms with Crippen molar-refractivity contribution < 1.29 is 69.5 Å². The molecular weight excluding hydrogens is 375 g/mol. The van der Waals surface area contributed by atoms with Crippen LogP contribution in [-0.2, 0) is 10.1 Å². The molecular formula is C20H41KO4S. The average Bonchev–Trinajstić information content (AvgIpc) is 2.55. The predicted octanol–water partition coefficient (Wildman–Crippen LogP) is 2.55. The molecule has 4 nitrogen and oxygen atoms in total. The summed E-state index contributed by atoms with van der Waals surface area (Å²) in [5.41, 5.74) is 0. The molecule has 0 aliphatic heterocycles. The molecule has 0 rings (SSSR count). The Bertz CT molecular complexity index is 374. The summed E-state index contributed by atoms with van der Waals surface area (Å²) in [6, 6.07) is 0. The number of aliphatic hydroxyl groups is 1. The van der Waals surface area contributed by atoms with E-state index in [-0.39, 0.29) is 63.2 Å². The SMILES string of the molecule is CCCCC(O)CCCCCCCCCCCCCCCS(=O)(=O)[O-].[K+]. The summed E-state index contributed by atoms with van der Waals surface area (Å²) < 4.78 is 31.4. The Labute approximate surface area is 205 Å². The van der Waals surface area contributed by atoms with Crippen molar-refractivity contribution in [3.63, 3.8) is 0 Å². The second kappa shape index (κ2) is 21.2. The molecule has 0 fully saturated rings. The van der Waals surface area contributed by atoms with Crippen LogP contribution < -0.4 is 51.4 Å². The molecule has 0 aromatic rings. The second-order valence-corrected chi connectivity index (χ2v) is 8.97. The topological polar surface area (TPSA) is 77.4 Å². The number of unbranched alkanes of at least 4 members (excludes halogenated alkanes) is 13. The maximum Gasteiger partial charge on any atom is 1.00 e. The van der Waals surface area contributed by atoms with E-state index in [0.29, 0.717) is 6.42 Å². The molecule has 0 radical (unpaired) electrons. The minimum atomic E-state index is -4.01. The molecule has 1 atom stereocenters. The van der Waals surface area contributed by atoms with Gasteiger partial charge in [0.05, 0.1) is 16.2 Å². The first kappa shape index (κ1) is 29.7. The first-order chi connectivity index (χ1) is 12.0. The molecule has 0 bridgehead atoms. The van der Waals surface area contributed by atoms with Crippen molar-refractivity contribution >= 4 is 10.1 Å². The van der Waals surface area contributed by atoms with Crippen molar-refractivity contribution in [2.24, 2.45) is 0 Å². The number of aliphatic hydroxyl groups excluding tert-OH is 1. The van der Waals surface area contributed by atoms with Crippen molar-refractivity contribution in [2.75, 3.05) is 5.75 Å². The van der Waals surface area contributed by atoms with E-state index < -0.39 is 10.1 Å². The Morgan fingerprint density at radius 3 is 1.42 bits per heavy atom. The predicted molar refractivity (Wildman–Crippen MR) is 105 cm³/mol. The first-order valence-electron chi connectivity index (χ1n) is 10.6. The van der Waals surface area contributed by atoms with Gasteiger partial charge in [-0.05, 0) is 19.3 Å². The summed E-state index contributed by atoms with van der Waals surface area (Å²) >= 11 is 0. The first-order valence-corrected chi connectivity index (χ1v) is 12.1. The van der Waals surface area contributed by atoms with E-state index in [2.05, 4.69) is 6.92 Å². The van der Waals surface area contributed by atoms with Crippen molar-refractivity contribution in [3.05, 3.63) is 0 Å². The molecule has 26 heavy (non-hydrogen) atoms. The van der Waals surface area contributed by atoms with Gasteiger partial charge in [-0.3, -0.25) is 0 Å². The van der Waals surface area contributed by atoms with E-state index in [4.69, 9.17) is 0 Å². The van der Waals surface area contributed by atoms with Crippen LogP contribution in [0.3, 0.4) is 0 Å². The van der Waals surface area contributed by atoms with Crippen LogP contribution in [-0.4, -0.2) is 29.9 Å². The zero-order valence-corrected chi connectivity index (χ0v) is 21.3. The minimum absolute atomic E-state index is 0. The van der Waals surface area contributed by atoms with Gasteiger partial charge in [0.2, 0.25) is 0 Å². The van der Waals surface area contributed by atoms with E-state index in [1.54, 1.807) is 0 Å². The summed E-state index contributed by atoms with van der Waals surface area (Å²) in [6.45, 7) is 2.17. The summed E-state index contributed by atoms with van der Waals surface area (Å²) in [5, 5.41) is 9.77. The van der Waals surface area contributed by atoms with Gasteiger partial charge in [-0.25, -0.2) is 8.42 Å². The Morgan fingerprint density at radius 2 is 1.04 bits per heavy atom. The Hall–Kier alpha value is 1.51. The van der Waals surface area contributed by atoms with Gasteiger partial charge in [-0.2, -0.15) is 0 Å². The second-order valence-electron chi connectivity index (χ2n) is 7.44. The van der Waals surface area contributed by atoms with E-state index in [1.807, 2.05) is 0 Å². The molecule has 0 heterocycles. The van der Waals surface area contributed by atoms with Gasteiger partial charge in [-0.1, -0.05) is 96.8 Å². The molecule has 0 saturated heterocycles. The van der Waals surface area contributed by atoms with Crippen LogP contribution in [0.2, 0.25) is 0 Å². The van der Waals surface area contributed by atoms with E-state index in [0.717, 1.165) is 38.5 Å². The molecule has 0 aliphatic carbocycles. The van der Waals surface area contributed by atoms with Crippen LogP contribution in [0.4, 0.5) is 0 Å². The summed E-state index contributed by atoms with van der Waals surface area (Å²) in [7, 11) is -4.01. The van der Waals surface area contributed by atoms with Gasteiger partial charge in [0, 0.05) is 5.75 Å². The normalized spacial score (nSPS) is 12.7. The smallest absolute Gasteiger partial charge is 0.748 e. The largest absolute Gasteiger partial charge is 1.00 e. The zero-order valence-electron chi connectivity index (χ0n) is 17.4. The monoisotopic (exact) mass is 416 g/mol. The van der Waals surface area contributed by atoms with Crippen molar-refractivity contribution in [3.8, 4) is 0 Å². The van der Waals surface area contributed by atoms with Crippen LogP contribution in [0.5, 0.6) is 0 Å². The molecule has 1 N–H and O–H groups in total. The van der Waals surface area contributed by atoms with Crippen molar-refractivity contribution in [1.29, 1.82) is 0 Å². The van der Waals surface area contributed by atoms with Gasteiger partial charge in [0.15, 0.2) is 0 Å². The van der Waals surface area contributed by atoms with Crippen LogP contribution in [0.15, 0.2) is 0 Å². The van der Waals surface area contributed by atoms with Gasteiger partial charge < -0.3 is 9.66 Å². The third-order valence-corrected chi connectivity index (χ3v) is 5.61. The summed E-state index contributed by atoms with van der Waals surface area (Å²) in [4.78, 5) is 0. The average molecular weight is 417 g/mol. The third-order valence-electron chi connectivity index (χ3n) is 4.82. The fourth-order valence-electron chi connectivity index (χ4n) is 3.19. The standard InChI is InChI=1S/C20H42O4S.K/c1-2-3-17-20(21)18-15-13-11-9-7-5-4-6-8-10-12-14-16-19-25(22,23)24;/h20-21H,2-19H2,1H3,(H,22,23,24);/q;+1/p-1. The summed E-state index contributed by atoms with van der Waals surface area (Å²) in [5.74, 6) is -0.204. The molecule has 152 valence electrons. The Kier molecular flexibility index (Phi) is 24.2. The molecule has 0 amide bonds. The third kappa shape index (κ3) is 25.5. The van der Waals surface area contributed by atoms with Gasteiger partial charge in [0.25, 0.3) is 0 Å². The zero-order chi connectivity index (χ0) is 18.8. The maximum absolute atomic E-state index is 10.5. The van der Waals surface area contributed by atoms with Crippen LogP contribution in [0.1, 0.15) is 116 Å². The maximum atomic E-state index is 10.5. The fourth-order valence-corrected chi connectivity index (χ4v) is 3.75. The van der Waals surface area contributed by atoms with E-state index in [1.165, 1.54) is 64.2 Å². The molecule has 1 unspecified atom stereocenters. The summed E-state index contributed by atoms with van der Waals surface area (Å²) in [6.07, 6.45) is 19.2. The Morgan fingerprint density at radius 1 is 0.692 bits per heavy atom. The van der Waals surface area contributed by atoms with Crippen LogP contribution in [0, 0.1) is 0 Å². The minimum Gasteiger partial charge on any atom is -0.748 e. The van der Waals surface area contributed by atoms with Gasteiger partial charge in [0.1, 0.15) is 0 Å². The van der Waals surface area contributed by atoms with Crippen LogP contribution >= 0.6 is 0 Å². The van der Waals surface area contributed by atoms with Crippen LogP contribution in [0.25, 0.3) is 0 Å². The quantitative estimate of drug-likeness (QED) is 0.199. The van der Waals surface area contributed by atoms with Crippen molar-refractivity contribution in [2.45, 2.75) is 122 Å². The van der Waals surface area contributed by atoms with E-state index in [9.17, 15) is 18.1 Å². The van der Waals surface area contributed by atoms with Crippen molar-refractivity contribution in [1.82, 2.24) is 0 Å². The number of rotatable bonds is 19. The molecule has 0 aliphatic rings. The number of hydrogen-bond donors (Lipinski definition) is 1. The Balaban J connectivity index is 0. The van der Waals surface area contributed by atoms with Gasteiger partial charge in [-0.15, -0.1) is 0 Å². The molecule has 0 aromatic heterocycles. The van der Waals surface area contributed by atoms with Gasteiger partial charge >= 0.3 is 51.4 Å². The fraction of sp³-hybridized carbons (Fsp3) is 1.00. The molecule has 0 spiro atoms. The van der Waals surface area contributed by atoms with E-state index >= 15 is 0 Å². The molecule has 0 saturated carbocycles. The molecule has 0 aromatic carbocycles.